The van der Waals surface area contributed by atoms with Gasteiger partial charge in [0.25, 0.3) is 6.35 Å². The number of benzene rings is 2. The highest BCUT2D eigenvalue weighted by Crippen LogP contribution is 2.15. The fraction of sp³-hybridized carbons (Fsp3) is 0.0714. The van der Waals surface area contributed by atoms with E-state index in [1.165, 1.54) is 24.3 Å². The number of hydrogen-bond acceptors (Lipinski definition) is 6. The van der Waals surface area contributed by atoms with Crippen LogP contribution in [0.15, 0.2) is 59.5 Å². The molecule has 0 bridgehead atoms. The summed E-state index contributed by atoms with van der Waals surface area (Å²) in [5, 5.41) is 19.2. The minimum atomic E-state index is -3.73. The van der Waals surface area contributed by atoms with Gasteiger partial charge in [0.15, 0.2) is 6.19 Å². The van der Waals surface area contributed by atoms with Crippen LogP contribution in [0, 0.1) is 11.5 Å². The average Bonchev–Trinajstić information content (AvgIpc) is 2.48. The number of rotatable bonds is 6. The zero-order valence-electron chi connectivity index (χ0n) is 11.4. The number of nitrogens with two attached hydrogens (primary N) is 1. The smallest absolute Gasteiger partial charge is 0.256 e. The van der Waals surface area contributed by atoms with Crippen molar-refractivity contribution in [2.45, 2.75) is 11.2 Å². The molecule has 0 spiro atoms. The summed E-state index contributed by atoms with van der Waals surface area (Å²) in [7, 11) is -3.73. The Morgan fingerprint density at radius 2 is 1.73 bits per heavy atom. The molecule has 2 aromatic rings. The van der Waals surface area contributed by atoms with Crippen molar-refractivity contribution in [2.24, 2.45) is 5.14 Å². The van der Waals surface area contributed by atoms with Gasteiger partial charge in [-0.1, -0.05) is 18.2 Å². The zero-order chi connectivity index (χ0) is 16.0. The van der Waals surface area contributed by atoms with Crippen LogP contribution in [-0.2, 0) is 10.0 Å². The van der Waals surface area contributed by atoms with Gasteiger partial charge in [0, 0.05) is 5.69 Å². The van der Waals surface area contributed by atoms with E-state index in [0.717, 1.165) is 0 Å². The number of hydrogen-bond donors (Lipinski definition) is 3. The molecule has 114 valence electrons. The molecular formula is C14H14N4O3S. The maximum atomic E-state index is 11.2. The first kappa shape index (κ1) is 15.6. The molecule has 0 radical (unpaired) electrons. The Bertz CT molecular complexity index is 755. The van der Waals surface area contributed by atoms with E-state index in [2.05, 4.69) is 10.6 Å². The highest BCUT2D eigenvalue weighted by atomic mass is 32.2. The summed E-state index contributed by atoms with van der Waals surface area (Å²) in [6.45, 7) is 0. The van der Waals surface area contributed by atoms with Gasteiger partial charge in [-0.15, -0.1) is 0 Å². The summed E-state index contributed by atoms with van der Waals surface area (Å²) in [6, 6.07) is 14.7. The molecule has 8 heteroatoms. The fourth-order valence-corrected chi connectivity index (χ4v) is 2.20. The van der Waals surface area contributed by atoms with Gasteiger partial charge < -0.3 is 10.1 Å². The lowest BCUT2D eigenvalue weighted by atomic mass is 10.3. The van der Waals surface area contributed by atoms with E-state index in [9.17, 15) is 8.42 Å². The normalized spacial score (nSPS) is 12.0. The van der Waals surface area contributed by atoms with E-state index in [4.69, 9.17) is 15.1 Å². The van der Waals surface area contributed by atoms with Crippen LogP contribution < -0.4 is 20.5 Å². The molecule has 2 rings (SSSR count). The summed E-state index contributed by atoms with van der Waals surface area (Å²) in [6.07, 6.45) is 0.992. The van der Waals surface area contributed by atoms with Crippen molar-refractivity contribution in [1.29, 1.82) is 5.26 Å². The molecule has 22 heavy (non-hydrogen) atoms. The number of nitrogens with one attached hydrogen (secondary N) is 2. The van der Waals surface area contributed by atoms with Gasteiger partial charge in [-0.2, -0.15) is 5.26 Å². The molecule has 1 atom stereocenters. The molecule has 0 aliphatic heterocycles. The van der Waals surface area contributed by atoms with Gasteiger partial charge in [0.05, 0.1) is 4.90 Å². The van der Waals surface area contributed by atoms with Crippen LogP contribution in [-0.4, -0.2) is 14.8 Å². The number of ether oxygens (including phenoxy) is 1. The molecule has 0 saturated heterocycles. The third-order valence-electron chi connectivity index (χ3n) is 2.67. The van der Waals surface area contributed by atoms with Crippen molar-refractivity contribution in [2.75, 3.05) is 5.32 Å². The number of primary sulfonamides is 1. The number of anilines is 1. The van der Waals surface area contributed by atoms with E-state index < -0.39 is 16.4 Å². The number of sulfonamides is 1. The van der Waals surface area contributed by atoms with Crippen molar-refractivity contribution >= 4 is 15.7 Å². The standard InChI is InChI=1S/C14H14N4O3S/c15-10-17-14(21-12-4-2-1-3-5-12)18-11-6-8-13(9-7-11)22(16,19)20/h1-9,14,17-18H,(H2,16,19,20). The Morgan fingerprint density at radius 1 is 1.09 bits per heavy atom. The summed E-state index contributed by atoms with van der Waals surface area (Å²) in [4.78, 5) is 0.00631. The molecule has 0 heterocycles. The van der Waals surface area contributed by atoms with Crippen LogP contribution in [0.4, 0.5) is 5.69 Å². The Hall–Kier alpha value is -2.76. The molecule has 0 amide bonds. The van der Waals surface area contributed by atoms with E-state index in [0.29, 0.717) is 11.4 Å². The lowest BCUT2D eigenvalue weighted by Gasteiger charge is -2.19. The Kier molecular flexibility index (Phi) is 4.83. The lowest BCUT2D eigenvalue weighted by Crippen LogP contribution is -2.38. The third-order valence-corrected chi connectivity index (χ3v) is 3.60. The van der Waals surface area contributed by atoms with Crippen molar-refractivity contribution in [3.05, 3.63) is 54.6 Å². The topological polar surface area (TPSA) is 117 Å². The Balaban J connectivity index is 2.09. The zero-order valence-corrected chi connectivity index (χ0v) is 12.2. The van der Waals surface area contributed by atoms with E-state index >= 15 is 0 Å². The highest BCUT2D eigenvalue weighted by Gasteiger charge is 2.11. The van der Waals surface area contributed by atoms with Crippen LogP contribution in [0.2, 0.25) is 0 Å². The maximum Gasteiger partial charge on any atom is 0.256 e. The molecule has 0 aliphatic rings. The molecule has 0 aliphatic carbocycles. The quantitative estimate of drug-likeness (QED) is 0.418. The van der Waals surface area contributed by atoms with Crippen LogP contribution in [0.5, 0.6) is 5.75 Å². The summed E-state index contributed by atoms with van der Waals surface area (Å²) in [5.41, 5.74) is 0.566. The predicted octanol–water partition coefficient (Wildman–Crippen LogP) is 1.18. The number of para-hydroxylation sites is 1. The van der Waals surface area contributed by atoms with E-state index in [1.807, 2.05) is 6.07 Å². The highest BCUT2D eigenvalue weighted by molar-refractivity contribution is 7.89. The number of nitrogens with zero attached hydrogens (tertiary/aromatic N) is 1. The van der Waals surface area contributed by atoms with Crippen molar-refractivity contribution in [3.8, 4) is 11.9 Å². The van der Waals surface area contributed by atoms with Crippen molar-refractivity contribution in [3.63, 3.8) is 0 Å². The molecule has 0 aromatic heterocycles. The molecule has 4 N–H and O–H groups in total. The molecule has 0 fully saturated rings. The Labute approximate surface area is 128 Å². The van der Waals surface area contributed by atoms with Crippen LogP contribution in [0.1, 0.15) is 0 Å². The van der Waals surface area contributed by atoms with E-state index in [-0.39, 0.29) is 4.90 Å². The monoisotopic (exact) mass is 318 g/mol. The fourth-order valence-electron chi connectivity index (χ4n) is 1.68. The molecule has 2 aromatic carbocycles. The van der Waals surface area contributed by atoms with Crippen molar-refractivity contribution < 1.29 is 13.2 Å². The minimum Gasteiger partial charge on any atom is -0.452 e. The molecule has 0 saturated carbocycles. The minimum absolute atomic E-state index is 0.00631. The first-order chi connectivity index (χ1) is 10.5. The second kappa shape index (κ2) is 6.80. The Morgan fingerprint density at radius 3 is 2.27 bits per heavy atom. The molecule has 1 unspecified atom stereocenters. The van der Waals surface area contributed by atoms with Crippen LogP contribution in [0.25, 0.3) is 0 Å². The van der Waals surface area contributed by atoms with Gasteiger partial charge in [-0.05, 0) is 36.4 Å². The molecule has 7 nitrogen and oxygen atoms in total. The van der Waals surface area contributed by atoms with Crippen LogP contribution >= 0.6 is 0 Å². The lowest BCUT2D eigenvalue weighted by molar-refractivity contribution is 0.212. The maximum absolute atomic E-state index is 11.2. The number of nitriles is 1. The van der Waals surface area contributed by atoms with Gasteiger partial charge >= 0.3 is 0 Å². The van der Waals surface area contributed by atoms with Gasteiger partial charge in [0.2, 0.25) is 10.0 Å². The molecular weight excluding hydrogens is 304 g/mol. The van der Waals surface area contributed by atoms with Crippen molar-refractivity contribution in [1.82, 2.24) is 5.32 Å². The average molecular weight is 318 g/mol. The third kappa shape index (κ3) is 4.37. The predicted molar refractivity (Wildman–Crippen MR) is 81.0 cm³/mol. The first-order valence-electron chi connectivity index (χ1n) is 6.25. The van der Waals surface area contributed by atoms with Gasteiger partial charge in [-0.25, -0.2) is 13.6 Å². The SMILES string of the molecule is N#CNC(Nc1ccc(S(N)(=O)=O)cc1)Oc1ccccc1. The second-order valence-electron chi connectivity index (χ2n) is 4.28. The van der Waals surface area contributed by atoms with Gasteiger partial charge in [-0.3, -0.25) is 5.32 Å². The van der Waals surface area contributed by atoms with Gasteiger partial charge in [0.1, 0.15) is 5.75 Å². The summed E-state index contributed by atoms with van der Waals surface area (Å²) < 4.78 is 27.9. The second-order valence-corrected chi connectivity index (χ2v) is 5.84. The summed E-state index contributed by atoms with van der Waals surface area (Å²) >= 11 is 0. The first-order valence-corrected chi connectivity index (χ1v) is 7.79. The largest absolute Gasteiger partial charge is 0.452 e. The summed E-state index contributed by atoms with van der Waals surface area (Å²) in [5.74, 6) is 0.573. The van der Waals surface area contributed by atoms with E-state index in [1.54, 1.807) is 30.5 Å². The van der Waals surface area contributed by atoms with Crippen LogP contribution in [0.3, 0.4) is 0 Å².